The summed E-state index contributed by atoms with van der Waals surface area (Å²) in [6.07, 6.45) is 2.07. The maximum absolute atomic E-state index is 12.0. The van der Waals surface area contributed by atoms with Gasteiger partial charge in [0.05, 0.1) is 0 Å². The van der Waals surface area contributed by atoms with Crippen LogP contribution in [0.1, 0.15) is 26.7 Å². The molecule has 0 spiro atoms. The van der Waals surface area contributed by atoms with Crippen molar-refractivity contribution in [2.45, 2.75) is 39.3 Å². The molecule has 1 aliphatic heterocycles. The molecule has 7 heteroatoms. The highest BCUT2D eigenvalue weighted by molar-refractivity contribution is 5.61. The van der Waals surface area contributed by atoms with E-state index in [1.165, 1.54) is 4.57 Å². The van der Waals surface area contributed by atoms with Gasteiger partial charge in [0, 0.05) is 19.1 Å². The number of rotatable bonds is 4. The summed E-state index contributed by atoms with van der Waals surface area (Å²) in [6, 6.07) is 0.178. The van der Waals surface area contributed by atoms with Crippen LogP contribution < -0.4 is 22.3 Å². The van der Waals surface area contributed by atoms with Gasteiger partial charge < -0.3 is 16.0 Å². The van der Waals surface area contributed by atoms with E-state index in [2.05, 4.69) is 22.2 Å². The fraction of sp³-hybridized carbons (Fsp3) is 0.714. The fourth-order valence-corrected chi connectivity index (χ4v) is 2.76. The third kappa shape index (κ3) is 3.66. The van der Waals surface area contributed by atoms with Gasteiger partial charge in [-0.2, -0.15) is 0 Å². The van der Waals surface area contributed by atoms with E-state index < -0.39 is 11.2 Å². The van der Waals surface area contributed by atoms with Crippen LogP contribution in [0.5, 0.6) is 0 Å². The van der Waals surface area contributed by atoms with Gasteiger partial charge >= 0.3 is 5.69 Å². The van der Waals surface area contributed by atoms with Crippen molar-refractivity contribution in [2.24, 2.45) is 5.92 Å². The lowest BCUT2D eigenvalue weighted by molar-refractivity contribution is 0.261. The number of nitrogens with one attached hydrogen (secondary N) is 2. The van der Waals surface area contributed by atoms with Gasteiger partial charge in [-0.25, -0.2) is 4.79 Å². The standard InChI is InChI=1S/C14H25N5O2/c1-9(2)7-19-12(15)11(13(20)17-14(19)21)16-10-5-4-6-18(3)8-10/h9-10,16H,4-8,15H2,1-3H3,(H,17,20,21). The second kappa shape index (κ2) is 6.34. The molecule has 1 unspecified atom stereocenters. The Kier molecular flexibility index (Phi) is 4.72. The summed E-state index contributed by atoms with van der Waals surface area (Å²) in [4.78, 5) is 28.5. The van der Waals surface area contributed by atoms with Gasteiger partial charge in [0.1, 0.15) is 11.5 Å². The Morgan fingerprint density at radius 3 is 2.76 bits per heavy atom. The van der Waals surface area contributed by atoms with Crippen molar-refractivity contribution >= 4 is 11.5 Å². The zero-order valence-electron chi connectivity index (χ0n) is 13.0. The molecule has 0 aliphatic carbocycles. The average molecular weight is 295 g/mol. The van der Waals surface area contributed by atoms with Gasteiger partial charge in [0.2, 0.25) is 0 Å². The molecule has 0 radical (unpaired) electrons. The number of nitrogens with two attached hydrogens (primary N) is 1. The van der Waals surface area contributed by atoms with Crippen LogP contribution in [0.3, 0.4) is 0 Å². The SMILES string of the molecule is CC(C)Cn1c(N)c(NC2CCCN(C)C2)c(=O)[nH]c1=O. The van der Waals surface area contributed by atoms with E-state index in [1.807, 2.05) is 13.8 Å². The van der Waals surface area contributed by atoms with Crippen molar-refractivity contribution in [2.75, 3.05) is 31.2 Å². The molecule has 1 aromatic heterocycles. The van der Waals surface area contributed by atoms with Crippen LogP contribution in [-0.4, -0.2) is 40.6 Å². The molecular formula is C14H25N5O2. The van der Waals surface area contributed by atoms with Crippen molar-refractivity contribution in [3.8, 4) is 0 Å². The molecule has 1 aromatic rings. The molecule has 4 N–H and O–H groups in total. The number of aromatic amines is 1. The van der Waals surface area contributed by atoms with Crippen LogP contribution >= 0.6 is 0 Å². The number of hydrogen-bond acceptors (Lipinski definition) is 5. The number of aromatic nitrogens is 2. The minimum atomic E-state index is -0.447. The molecule has 118 valence electrons. The predicted molar refractivity (Wildman–Crippen MR) is 84.7 cm³/mol. The Hall–Kier alpha value is -1.76. The molecule has 0 aromatic carbocycles. The zero-order valence-corrected chi connectivity index (χ0v) is 13.0. The highest BCUT2D eigenvalue weighted by Gasteiger charge is 2.20. The average Bonchev–Trinajstić information content (AvgIpc) is 2.39. The summed E-state index contributed by atoms with van der Waals surface area (Å²) in [5.41, 5.74) is 5.48. The normalized spacial score (nSPS) is 19.9. The molecule has 2 rings (SSSR count). The molecule has 21 heavy (non-hydrogen) atoms. The minimum absolute atomic E-state index is 0.178. The van der Waals surface area contributed by atoms with E-state index in [1.54, 1.807) is 0 Å². The van der Waals surface area contributed by atoms with E-state index in [9.17, 15) is 9.59 Å². The third-order valence-corrected chi connectivity index (χ3v) is 3.76. The van der Waals surface area contributed by atoms with Crippen molar-refractivity contribution in [1.29, 1.82) is 0 Å². The first-order valence-corrected chi connectivity index (χ1v) is 7.46. The number of hydrogen-bond donors (Lipinski definition) is 3. The highest BCUT2D eigenvalue weighted by Crippen LogP contribution is 2.17. The number of likely N-dealkylation sites (N-methyl/N-ethyl adjacent to an activating group) is 1. The molecule has 0 saturated carbocycles. The van der Waals surface area contributed by atoms with Crippen molar-refractivity contribution in [3.63, 3.8) is 0 Å². The minimum Gasteiger partial charge on any atom is -0.383 e. The lowest BCUT2D eigenvalue weighted by Gasteiger charge is -2.31. The summed E-state index contributed by atoms with van der Waals surface area (Å²) < 4.78 is 1.43. The lowest BCUT2D eigenvalue weighted by Crippen LogP contribution is -2.42. The smallest absolute Gasteiger partial charge is 0.330 e. The van der Waals surface area contributed by atoms with Gasteiger partial charge in [-0.3, -0.25) is 14.3 Å². The summed E-state index contributed by atoms with van der Waals surface area (Å²) in [6.45, 7) is 6.42. The van der Waals surface area contributed by atoms with Gasteiger partial charge in [-0.1, -0.05) is 13.8 Å². The van der Waals surface area contributed by atoms with Crippen LogP contribution in [0.2, 0.25) is 0 Å². The molecule has 0 bridgehead atoms. The monoisotopic (exact) mass is 295 g/mol. The molecule has 1 saturated heterocycles. The first kappa shape index (κ1) is 15.6. The zero-order chi connectivity index (χ0) is 15.6. The number of nitrogen functional groups attached to an aromatic ring is 1. The first-order chi connectivity index (χ1) is 9.88. The first-order valence-electron chi connectivity index (χ1n) is 7.46. The van der Waals surface area contributed by atoms with Crippen LogP contribution in [0, 0.1) is 5.92 Å². The summed E-state index contributed by atoms with van der Waals surface area (Å²) in [5, 5.41) is 3.22. The molecular weight excluding hydrogens is 270 g/mol. The molecule has 1 aliphatic rings. The second-order valence-corrected chi connectivity index (χ2v) is 6.27. The van der Waals surface area contributed by atoms with E-state index in [-0.39, 0.29) is 17.8 Å². The van der Waals surface area contributed by atoms with E-state index >= 15 is 0 Å². The highest BCUT2D eigenvalue weighted by atomic mass is 16.2. The Morgan fingerprint density at radius 1 is 1.43 bits per heavy atom. The van der Waals surface area contributed by atoms with Gasteiger partial charge in [0.25, 0.3) is 5.56 Å². The predicted octanol–water partition coefficient (Wildman–Crippen LogP) is 0.281. The Bertz CT molecular complexity index is 604. The summed E-state index contributed by atoms with van der Waals surface area (Å²) >= 11 is 0. The van der Waals surface area contributed by atoms with Crippen molar-refractivity contribution < 1.29 is 0 Å². The lowest BCUT2D eigenvalue weighted by atomic mass is 10.1. The van der Waals surface area contributed by atoms with E-state index in [4.69, 9.17) is 5.73 Å². The number of likely N-dealkylation sites (tertiary alicyclic amines) is 1. The summed E-state index contributed by atoms with van der Waals surface area (Å²) in [5.74, 6) is 0.496. The van der Waals surface area contributed by atoms with Crippen LogP contribution in [0.4, 0.5) is 11.5 Å². The van der Waals surface area contributed by atoms with Crippen molar-refractivity contribution in [1.82, 2.24) is 14.5 Å². The number of anilines is 2. The maximum Gasteiger partial charge on any atom is 0.330 e. The fourth-order valence-electron chi connectivity index (χ4n) is 2.76. The molecule has 1 fully saturated rings. The van der Waals surface area contributed by atoms with E-state index in [0.29, 0.717) is 12.2 Å². The van der Waals surface area contributed by atoms with Crippen molar-refractivity contribution in [3.05, 3.63) is 20.8 Å². The molecule has 1 atom stereocenters. The Balaban J connectivity index is 2.30. The van der Waals surface area contributed by atoms with Crippen LogP contribution in [0.25, 0.3) is 0 Å². The maximum atomic E-state index is 12.0. The van der Waals surface area contributed by atoms with Crippen LogP contribution in [0.15, 0.2) is 9.59 Å². The Morgan fingerprint density at radius 2 is 2.14 bits per heavy atom. The topological polar surface area (TPSA) is 96.2 Å². The van der Waals surface area contributed by atoms with Gasteiger partial charge in [-0.05, 0) is 32.4 Å². The quantitative estimate of drug-likeness (QED) is 0.741. The molecule has 2 heterocycles. The third-order valence-electron chi connectivity index (χ3n) is 3.76. The second-order valence-electron chi connectivity index (χ2n) is 6.27. The van der Waals surface area contributed by atoms with Gasteiger partial charge in [-0.15, -0.1) is 0 Å². The molecule has 0 amide bonds. The largest absolute Gasteiger partial charge is 0.383 e. The van der Waals surface area contributed by atoms with Gasteiger partial charge in [0.15, 0.2) is 0 Å². The number of piperidine rings is 1. The van der Waals surface area contributed by atoms with E-state index in [0.717, 1.165) is 25.9 Å². The number of H-pyrrole nitrogens is 1. The Labute approximate surface area is 124 Å². The van der Waals surface area contributed by atoms with Crippen LogP contribution in [-0.2, 0) is 6.54 Å². The summed E-state index contributed by atoms with van der Waals surface area (Å²) in [7, 11) is 2.06. The number of nitrogens with zero attached hydrogens (tertiary/aromatic N) is 2. The molecule has 7 nitrogen and oxygen atoms in total.